The highest BCUT2D eigenvalue weighted by Gasteiger charge is 2.28. The Kier molecular flexibility index (Phi) is 7.05. The molecule has 5 rings (SSSR count). The van der Waals surface area contributed by atoms with E-state index in [1.54, 1.807) is 0 Å². The first kappa shape index (κ1) is 24.4. The van der Waals surface area contributed by atoms with Gasteiger partial charge in [-0.05, 0) is 99.7 Å². The molecule has 0 bridgehead atoms. The molecule has 36 heavy (non-hydrogen) atoms. The van der Waals surface area contributed by atoms with Crippen LogP contribution in [0.25, 0.3) is 11.1 Å². The molecule has 3 aromatic rings. The van der Waals surface area contributed by atoms with Crippen LogP contribution in [0.4, 0.5) is 10.3 Å². The third-order valence-corrected chi connectivity index (χ3v) is 8.11. The van der Waals surface area contributed by atoms with Gasteiger partial charge in [-0.25, -0.2) is 0 Å². The largest absolute Gasteiger partial charge is 0.352 e. The molecule has 1 saturated heterocycles. The maximum atomic E-state index is 13.1. The van der Waals surface area contributed by atoms with Gasteiger partial charge in [0.25, 0.3) is 11.8 Å². The Morgan fingerprint density at radius 3 is 2.33 bits per heavy atom. The van der Waals surface area contributed by atoms with Gasteiger partial charge < -0.3 is 10.2 Å². The maximum absolute atomic E-state index is 13.1. The molecule has 2 aromatic carbocycles. The highest BCUT2D eigenvalue weighted by Crippen LogP contribution is 2.33. The Morgan fingerprint density at radius 2 is 1.64 bits per heavy atom. The van der Waals surface area contributed by atoms with E-state index in [0.717, 1.165) is 41.2 Å². The molecule has 7 nitrogen and oxygen atoms in total. The second-order valence-electron chi connectivity index (χ2n) is 10.1. The van der Waals surface area contributed by atoms with Crippen molar-refractivity contribution >= 4 is 33.4 Å². The lowest BCUT2D eigenvalue weighted by Crippen LogP contribution is -2.43. The number of carbonyl (C=O) groups is 2. The summed E-state index contributed by atoms with van der Waals surface area (Å²) in [6.07, 6.45) is 5.93. The fraction of sp³-hybridized carbons (Fsp3) is 0.429. The van der Waals surface area contributed by atoms with E-state index in [2.05, 4.69) is 39.6 Å². The van der Waals surface area contributed by atoms with Crippen LogP contribution in [0.3, 0.4) is 0 Å². The quantitative estimate of drug-likeness (QED) is 0.434. The van der Waals surface area contributed by atoms with Gasteiger partial charge in [0.05, 0.1) is 0 Å². The molecule has 2 fully saturated rings. The Hall–Kier alpha value is -3.26. The number of benzene rings is 2. The minimum absolute atomic E-state index is 0.0388. The minimum atomic E-state index is -0.213. The van der Waals surface area contributed by atoms with Crippen molar-refractivity contribution < 1.29 is 9.59 Å². The molecule has 2 aliphatic rings. The number of hydrogen-bond donors (Lipinski definition) is 2. The zero-order chi connectivity index (χ0) is 25.2. The summed E-state index contributed by atoms with van der Waals surface area (Å²) in [5.41, 5.74) is 4.19. The van der Waals surface area contributed by atoms with E-state index in [-0.39, 0.29) is 11.8 Å². The minimum Gasteiger partial charge on any atom is -0.352 e. The van der Waals surface area contributed by atoms with Gasteiger partial charge in [0, 0.05) is 29.8 Å². The average Bonchev–Trinajstić information content (AvgIpc) is 3.60. The van der Waals surface area contributed by atoms with Crippen molar-refractivity contribution in [3.63, 3.8) is 0 Å². The monoisotopic (exact) mass is 503 g/mol. The number of aryl methyl sites for hydroxylation is 1. The first-order valence-corrected chi connectivity index (χ1v) is 13.6. The van der Waals surface area contributed by atoms with Crippen molar-refractivity contribution in [1.82, 2.24) is 15.5 Å². The summed E-state index contributed by atoms with van der Waals surface area (Å²) in [4.78, 5) is 27.7. The highest BCUT2D eigenvalue weighted by molar-refractivity contribution is 7.19. The van der Waals surface area contributed by atoms with Crippen molar-refractivity contribution in [2.24, 2.45) is 5.92 Å². The first-order valence-electron chi connectivity index (χ1n) is 12.8. The Balaban J connectivity index is 1.28. The molecule has 1 saturated carbocycles. The van der Waals surface area contributed by atoms with Crippen LogP contribution in [-0.2, 0) is 0 Å². The molecule has 1 aliphatic heterocycles. The fourth-order valence-electron chi connectivity index (χ4n) is 4.87. The van der Waals surface area contributed by atoms with Crippen molar-refractivity contribution in [3.8, 4) is 11.1 Å². The molecule has 1 aliphatic carbocycles. The molecule has 188 valence electrons. The highest BCUT2D eigenvalue weighted by atomic mass is 32.1. The van der Waals surface area contributed by atoms with Gasteiger partial charge in [-0.1, -0.05) is 29.5 Å². The number of piperidine rings is 1. The lowest BCUT2D eigenvalue weighted by atomic mass is 9.97. The Morgan fingerprint density at radius 1 is 0.944 bits per heavy atom. The second kappa shape index (κ2) is 10.4. The second-order valence-corrected chi connectivity index (χ2v) is 11.1. The lowest BCUT2D eigenvalue weighted by Gasteiger charge is -2.38. The average molecular weight is 504 g/mol. The molecule has 1 aromatic heterocycles. The molecule has 2 N–H and O–H groups in total. The number of nitrogens with one attached hydrogen (secondary N) is 2. The van der Waals surface area contributed by atoms with Crippen LogP contribution in [0.5, 0.6) is 0 Å². The molecule has 2 heterocycles. The zero-order valence-electron chi connectivity index (χ0n) is 21.1. The summed E-state index contributed by atoms with van der Waals surface area (Å²) in [5, 5.41) is 15.9. The topological polar surface area (TPSA) is 87.2 Å². The molecular formula is C28H33N5O2S. The Labute approximate surface area is 216 Å². The number of anilines is 2. The molecule has 0 unspecified atom stereocenters. The van der Waals surface area contributed by atoms with E-state index >= 15 is 0 Å². The summed E-state index contributed by atoms with van der Waals surface area (Å²) >= 11 is 1.42. The molecule has 2 amide bonds. The number of hydrogen-bond acceptors (Lipinski definition) is 6. The molecule has 0 radical (unpaired) electrons. The van der Waals surface area contributed by atoms with Crippen molar-refractivity contribution in [2.45, 2.75) is 65.0 Å². The number of rotatable bonds is 7. The zero-order valence-corrected chi connectivity index (χ0v) is 21.9. The molecule has 0 spiro atoms. The normalized spacial score (nSPS) is 19.7. The fourth-order valence-corrected chi connectivity index (χ4v) is 5.82. The summed E-state index contributed by atoms with van der Waals surface area (Å²) in [7, 11) is 0. The Bertz CT molecular complexity index is 1240. The van der Waals surface area contributed by atoms with Crippen molar-refractivity contribution in [3.05, 3.63) is 59.2 Å². The van der Waals surface area contributed by atoms with Crippen LogP contribution in [0.1, 0.15) is 72.2 Å². The number of aromatic nitrogens is 2. The standard InChI is InChI=1S/C28H33N5O2S/c1-17-7-10-23(15-24(17)21-11-13-22(14-12-21)25(34)29-16-20-8-9-20)26(35)30-27-31-32-28(36-27)33-18(2)5-4-6-19(33)3/h7,10-15,18-20H,4-6,8-9,16H2,1-3H3,(H,29,34)(H,30,31,35)/t18-,19+. The van der Waals surface area contributed by atoms with E-state index in [1.165, 1.54) is 30.6 Å². The van der Waals surface area contributed by atoms with E-state index in [1.807, 2.05) is 49.4 Å². The van der Waals surface area contributed by atoms with Gasteiger partial charge in [-0.3, -0.25) is 14.9 Å². The summed E-state index contributed by atoms with van der Waals surface area (Å²) < 4.78 is 0. The van der Waals surface area contributed by atoms with Gasteiger partial charge in [0.2, 0.25) is 10.3 Å². The van der Waals surface area contributed by atoms with Gasteiger partial charge >= 0.3 is 0 Å². The van der Waals surface area contributed by atoms with Crippen LogP contribution in [0.15, 0.2) is 42.5 Å². The number of carbonyl (C=O) groups excluding carboxylic acids is 2. The predicted octanol–water partition coefficient (Wildman–Crippen LogP) is 5.67. The molecule has 2 atom stereocenters. The third kappa shape index (κ3) is 5.43. The van der Waals surface area contributed by atoms with Gasteiger partial charge in [-0.15, -0.1) is 10.2 Å². The van der Waals surface area contributed by atoms with E-state index in [0.29, 0.717) is 34.3 Å². The smallest absolute Gasteiger partial charge is 0.257 e. The summed E-state index contributed by atoms with van der Waals surface area (Å²) in [6, 6.07) is 14.1. The van der Waals surface area contributed by atoms with Crippen LogP contribution in [0.2, 0.25) is 0 Å². The van der Waals surface area contributed by atoms with E-state index in [9.17, 15) is 9.59 Å². The third-order valence-electron chi connectivity index (χ3n) is 7.26. The van der Waals surface area contributed by atoms with E-state index in [4.69, 9.17) is 0 Å². The SMILES string of the molecule is Cc1ccc(C(=O)Nc2nnc(N3[C@H](C)CCC[C@@H]3C)s2)cc1-c1ccc(C(=O)NCC2CC2)cc1. The first-order chi connectivity index (χ1) is 17.4. The van der Waals surface area contributed by atoms with Crippen molar-refractivity contribution in [1.29, 1.82) is 0 Å². The van der Waals surface area contributed by atoms with Crippen LogP contribution in [-0.4, -0.2) is 40.6 Å². The summed E-state index contributed by atoms with van der Waals surface area (Å²) in [5.74, 6) is 0.395. The van der Waals surface area contributed by atoms with Crippen molar-refractivity contribution in [2.75, 3.05) is 16.8 Å². The lowest BCUT2D eigenvalue weighted by molar-refractivity contribution is 0.0951. The predicted molar refractivity (Wildman–Crippen MR) is 145 cm³/mol. The van der Waals surface area contributed by atoms with E-state index < -0.39 is 0 Å². The van der Waals surface area contributed by atoms with Crippen LogP contribution < -0.4 is 15.5 Å². The van der Waals surface area contributed by atoms with Crippen LogP contribution in [0, 0.1) is 12.8 Å². The molecular weight excluding hydrogens is 470 g/mol. The maximum Gasteiger partial charge on any atom is 0.257 e. The summed E-state index contributed by atoms with van der Waals surface area (Å²) in [6.45, 7) is 7.21. The number of nitrogens with zero attached hydrogens (tertiary/aromatic N) is 3. The van der Waals surface area contributed by atoms with Gasteiger partial charge in [0.1, 0.15) is 0 Å². The number of amides is 2. The van der Waals surface area contributed by atoms with Gasteiger partial charge in [0.15, 0.2) is 0 Å². The molecule has 8 heteroatoms. The van der Waals surface area contributed by atoms with Crippen LogP contribution >= 0.6 is 11.3 Å². The van der Waals surface area contributed by atoms with Gasteiger partial charge in [-0.2, -0.15) is 0 Å².